The maximum atomic E-state index is 13.1. The highest BCUT2D eigenvalue weighted by atomic mass is 19.1. The fourth-order valence-corrected chi connectivity index (χ4v) is 0.957. The molecule has 0 radical (unpaired) electrons. The lowest BCUT2D eigenvalue weighted by Gasteiger charge is -2.06. The van der Waals surface area contributed by atoms with Crippen molar-refractivity contribution in [2.24, 2.45) is 0 Å². The Morgan fingerprint density at radius 1 is 1.58 bits per heavy atom. The van der Waals surface area contributed by atoms with Crippen LogP contribution in [0.3, 0.4) is 0 Å². The summed E-state index contributed by atoms with van der Waals surface area (Å²) in [6, 6.07) is 3.55. The minimum Gasteiger partial charge on any atom is -0.365 e. The van der Waals surface area contributed by atoms with Gasteiger partial charge in [-0.1, -0.05) is 0 Å². The third-order valence-electron chi connectivity index (χ3n) is 1.95. The van der Waals surface area contributed by atoms with Crippen molar-refractivity contribution in [3.63, 3.8) is 0 Å². The van der Waals surface area contributed by atoms with Gasteiger partial charge in [-0.3, -0.25) is 0 Å². The van der Waals surface area contributed by atoms with Crippen molar-refractivity contribution in [2.45, 2.75) is 18.5 Å². The lowest BCUT2D eigenvalue weighted by atomic mass is 10.3. The molecule has 64 valence electrons. The van der Waals surface area contributed by atoms with E-state index in [-0.39, 0.29) is 0 Å². The molecule has 0 aliphatic heterocycles. The lowest BCUT2D eigenvalue weighted by Crippen LogP contribution is -2.16. The first-order valence-electron chi connectivity index (χ1n) is 3.99. The number of nitrogens with zero attached hydrogens (tertiary/aromatic N) is 2. The fraction of sp³-hybridized carbons (Fsp3) is 0.500. The second-order valence-electron chi connectivity index (χ2n) is 3.11. The molecule has 2 rings (SSSR count). The quantitative estimate of drug-likeness (QED) is 0.739. The smallest absolute Gasteiger partial charge is 0.148 e. The molecule has 0 atom stereocenters. The van der Waals surface area contributed by atoms with Crippen LogP contribution in [0, 0.1) is 0 Å². The summed E-state index contributed by atoms with van der Waals surface area (Å²) in [6.07, 6.45) is 2.92. The van der Waals surface area contributed by atoms with Crippen LogP contribution in [0.5, 0.6) is 0 Å². The molecule has 0 aromatic carbocycles. The van der Waals surface area contributed by atoms with Gasteiger partial charge in [0.25, 0.3) is 0 Å². The van der Waals surface area contributed by atoms with E-state index in [0.717, 1.165) is 0 Å². The zero-order valence-corrected chi connectivity index (χ0v) is 6.63. The predicted molar refractivity (Wildman–Crippen MR) is 43.6 cm³/mol. The van der Waals surface area contributed by atoms with Gasteiger partial charge in [0.2, 0.25) is 0 Å². The van der Waals surface area contributed by atoms with Gasteiger partial charge in [0.15, 0.2) is 0 Å². The van der Waals surface area contributed by atoms with Crippen LogP contribution < -0.4 is 5.32 Å². The van der Waals surface area contributed by atoms with Crippen molar-refractivity contribution in [3.05, 3.63) is 18.3 Å². The molecule has 1 fully saturated rings. The van der Waals surface area contributed by atoms with E-state index in [9.17, 15) is 4.39 Å². The number of halogens is 1. The Balaban J connectivity index is 1.88. The van der Waals surface area contributed by atoms with Crippen molar-refractivity contribution in [2.75, 3.05) is 11.9 Å². The molecular weight excluding hydrogens is 157 g/mol. The van der Waals surface area contributed by atoms with Gasteiger partial charge in [0, 0.05) is 6.20 Å². The first kappa shape index (κ1) is 7.46. The second kappa shape index (κ2) is 2.69. The molecule has 1 saturated carbocycles. The molecule has 0 spiro atoms. The van der Waals surface area contributed by atoms with E-state index >= 15 is 0 Å². The third-order valence-corrected chi connectivity index (χ3v) is 1.95. The molecule has 1 heterocycles. The molecule has 1 N–H and O–H groups in total. The van der Waals surface area contributed by atoms with Gasteiger partial charge in [-0.2, -0.15) is 5.10 Å². The Bertz CT molecular complexity index is 258. The van der Waals surface area contributed by atoms with Crippen LogP contribution in [0.1, 0.15) is 12.8 Å². The Labute approximate surface area is 70.0 Å². The van der Waals surface area contributed by atoms with Gasteiger partial charge >= 0.3 is 0 Å². The SMILES string of the molecule is FC1(CNc2cccnn2)CC1. The van der Waals surface area contributed by atoms with Crippen molar-refractivity contribution >= 4 is 5.82 Å². The first-order chi connectivity index (χ1) is 5.79. The second-order valence-corrected chi connectivity index (χ2v) is 3.11. The van der Waals surface area contributed by atoms with Gasteiger partial charge in [-0.25, -0.2) is 4.39 Å². The minimum absolute atomic E-state index is 0.353. The first-order valence-corrected chi connectivity index (χ1v) is 3.99. The van der Waals surface area contributed by atoms with Crippen LogP contribution in [0.15, 0.2) is 18.3 Å². The van der Waals surface area contributed by atoms with Crippen molar-refractivity contribution < 1.29 is 4.39 Å². The molecule has 1 aromatic rings. The normalized spacial score (nSPS) is 18.8. The van der Waals surface area contributed by atoms with Crippen molar-refractivity contribution in [3.8, 4) is 0 Å². The van der Waals surface area contributed by atoms with Crippen LogP contribution in [0.2, 0.25) is 0 Å². The Morgan fingerprint density at radius 2 is 2.42 bits per heavy atom. The summed E-state index contributed by atoms with van der Waals surface area (Å²) in [4.78, 5) is 0. The van der Waals surface area contributed by atoms with E-state index in [0.29, 0.717) is 25.2 Å². The Hall–Kier alpha value is -1.19. The summed E-state index contributed by atoms with van der Waals surface area (Å²) >= 11 is 0. The lowest BCUT2D eigenvalue weighted by molar-refractivity contribution is 0.326. The van der Waals surface area contributed by atoms with Crippen LogP contribution in [0.4, 0.5) is 10.2 Å². The summed E-state index contributed by atoms with van der Waals surface area (Å²) in [5.41, 5.74) is -0.975. The predicted octanol–water partition coefficient (Wildman–Crippen LogP) is 1.39. The van der Waals surface area contributed by atoms with Crippen LogP contribution in [-0.4, -0.2) is 22.4 Å². The average Bonchev–Trinajstić information content (AvgIpc) is 2.84. The van der Waals surface area contributed by atoms with Crippen LogP contribution in [0.25, 0.3) is 0 Å². The average molecular weight is 167 g/mol. The monoisotopic (exact) mass is 167 g/mol. The van der Waals surface area contributed by atoms with E-state index in [1.54, 1.807) is 18.3 Å². The number of nitrogens with one attached hydrogen (secondary N) is 1. The number of alkyl halides is 1. The number of hydrogen-bond donors (Lipinski definition) is 1. The maximum absolute atomic E-state index is 13.1. The molecule has 1 aliphatic carbocycles. The Kier molecular flexibility index (Phi) is 1.67. The molecular formula is C8H10FN3. The zero-order chi connectivity index (χ0) is 8.44. The summed E-state index contributed by atoms with van der Waals surface area (Å²) in [6.45, 7) is 0.353. The molecule has 1 aromatic heterocycles. The third kappa shape index (κ3) is 1.69. The fourth-order valence-electron chi connectivity index (χ4n) is 0.957. The van der Waals surface area contributed by atoms with Crippen LogP contribution in [-0.2, 0) is 0 Å². The number of hydrogen-bond acceptors (Lipinski definition) is 3. The summed E-state index contributed by atoms with van der Waals surface area (Å²) in [7, 11) is 0. The van der Waals surface area contributed by atoms with Gasteiger partial charge in [0.05, 0.1) is 6.54 Å². The maximum Gasteiger partial charge on any atom is 0.148 e. The van der Waals surface area contributed by atoms with Crippen molar-refractivity contribution in [1.29, 1.82) is 0 Å². The summed E-state index contributed by atoms with van der Waals surface area (Å²) < 4.78 is 13.1. The van der Waals surface area contributed by atoms with Gasteiger partial charge < -0.3 is 5.32 Å². The van der Waals surface area contributed by atoms with Gasteiger partial charge in [-0.05, 0) is 25.0 Å². The highest BCUT2D eigenvalue weighted by molar-refractivity contribution is 5.32. The summed E-state index contributed by atoms with van der Waals surface area (Å²) in [5.74, 6) is 0.640. The van der Waals surface area contributed by atoms with E-state index in [2.05, 4.69) is 15.5 Å². The molecule has 0 saturated heterocycles. The molecule has 0 amide bonds. The highest BCUT2D eigenvalue weighted by Gasteiger charge is 2.42. The minimum atomic E-state index is -0.975. The number of aromatic nitrogens is 2. The number of anilines is 1. The van der Waals surface area contributed by atoms with E-state index in [1.807, 2.05) is 0 Å². The molecule has 1 aliphatic rings. The standard InChI is InChI=1S/C8H10FN3/c9-8(3-4-8)6-10-7-2-1-5-11-12-7/h1-2,5H,3-4,6H2,(H,10,12). The highest BCUT2D eigenvalue weighted by Crippen LogP contribution is 2.39. The zero-order valence-electron chi connectivity index (χ0n) is 6.63. The van der Waals surface area contributed by atoms with E-state index in [1.165, 1.54) is 0 Å². The topological polar surface area (TPSA) is 37.8 Å². The molecule has 3 nitrogen and oxygen atoms in total. The van der Waals surface area contributed by atoms with Gasteiger partial charge in [0.1, 0.15) is 11.5 Å². The van der Waals surface area contributed by atoms with Gasteiger partial charge in [-0.15, -0.1) is 5.10 Å². The van der Waals surface area contributed by atoms with E-state index in [4.69, 9.17) is 0 Å². The van der Waals surface area contributed by atoms with E-state index < -0.39 is 5.67 Å². The van der Waals surface area contributed by atoms with Crippen LogP contribution >= 0.6 is 0 Å². The molecule has 0 unspecified atom stereocenters. The van der Waals surface area contributed by atoms with Crippen molar-refractivity contribution in [1.82, 2.24) is 10.2 Å². The molecule has 12 heavy (non-hydrogen) atoms. The Morgan fingerprint density at radius 3 is 3.00 bits per heavy atom. The number of rotatable bonds is 3. The largest absolute Gasteiger partial charge is 0.365 e. The molecule has 4 heteroatoms. The summed E-state index contributed by atoms with van der Waals surface area (Å²) in [5, 5.41) is 10.4. The molecule has 0 bridgehead atoms.